The second kappa shape index (κ2) is 7.30. The molecule has 1 aromatic carbocycles. The monoisotopic (exact) mass is 273 g/mol. The quantitative estimate of drug-likeness (QED) is 0.786. The highest BCUT2D eigenvalue weighted by Gasteiger charge is 2.09. The highest BCUT2D eigenvalue weighted by molar-refractivity contribution is 5.82. The Morgan fingerprint density at radius 2 is 2.05 bits per heavy atom. The van der Waals surface area contributed by atoms with Crippen LogP contribution in [0.3, 0.4) is 0 Å². The number of benzene rings is 1. The van der Waals surface area contributed by atoms with Crippen LogP contribution in [0, 0.1) is 11.6 Å². The van der Waals surface area contributed by atoms with Crippen molar-refractivity contribution in [3.05, 3.63) is 29.8 Å². The number of rotatable bonds is 6. The Bertz CT molecular complexity index is 465. The molecule has 0 radical (unpaired) electrons. The average Bonchev–Trinajstić information content (AvgIpc) is 2.35. The van der Waals surface area contributed by atoms with Gasteiger partial charge in [-0.25, -0.2) is 8.78 Å². The first-order valence-electron chi connectivity index (χ1n) is 5.53. The van der Waals surface area contributed by atoms with Gasteiger partial charge in [0.05, 0.1) is 6.61 Å². The van der Waals surface area contributed by atoms with Crippen LogP contribution in [-0.4, -0.2) is 31.6 Å². The molecule has 0 unspecified atom stereocenters. The summed E-state index contributed by atoms with van der Waals surface area (Å²) >= 11 is 0. The Morgan fingerprint density at radius 1 is 1.32 bits per heavy atom. The lowest BCUT2D eigenvalue weighted by Gasteiger charge is -2.07. The number of hydrogen-bond donors (Lipinski definition) is 1. The van der Waals surface area contributed by atoms with Crippen molar-refractivity contribution in [2.45, 2.75) is 6.92 Å². The van der Waals surface area contributed by atoms with Gasteiger partial charge in [-0.15, -0.1) is 0 Å². The largest absolute Gasteiger partial charge is 0.481 e. The Morgan fingerprint density at radius 3 is 2.68 bits per heavy atom. The second-order valence-corrected chi connectivity index (χ2v) is 3.45. The topological polar surface area (TPSA) is 64.6 Å². The fourth-order valence-electron chi connectivity index (χ4n) is 1.17. The first-order chi connectivity index (χ1) is 9.02. The zero-order chi connectivity index (χ0) is 14.3. The van der Waals surface area contributed by atoms with E-state index in [0.717, 1.165) is 12.1 Å². The Kier molecular flexibility index (Phi) is 5.72. The van der Waals surface area contributed by atoms with Crippen LogP contribution in [0.1, 0.15) is 6.92 Å². The standard InChI is InChI=1S/C12H13F2NO4/c1-2-18-12(17)6-15-11(16)7-19-10-4-3-8(13)5-9(10)14/h3-5H,2,6-7H2,1H3,(H,15,16). The van der Waals surface area contributed by atoms with Crippen LogP contribution in [-0.2, 0) is 14.3 Å². The number of nitrogens with one attached hydrogen (secondary N) is 1. The molecule has 0 heterocycles. The normalized spacial score (nSPS) is 9.84. The fourth-order valence-corrected chi connectivity index (χ4v) is 1.17. The number of amides is 1. The van der Waals surface area contributed by atoms with Crippen LogP contribution in [0.15, 0.2) is 18.2 Å². The van der Waals surface area contributed by atoms with Crippen LogP contribution in [0.5, 0.6) is 5.75 Å². The number of ether oxygens (including phenoxy) is 2. The molecule has 1 aromatic rings. The molecule has 104 valence electrons. The molecule has 0 atom stereocenters. The minimum atomic E-state index is -0.904. The molecule has 0 aliphatic carbocycles. The predicted molar refractivity (Wildman–Crippen MR) is 61.5 cm³/mol. The number of hydrogen-bond acceptors (Lipinski definition) is 4. The summed E-state index contributed by atoms with van der Waals surface area (Å²) in [4.78, 5) is 22.2. The lowest BCUT2D eigenvalue weighted by molar-refractivity contribution is -0.143. The van der Waals surface area contributed by atoms with E-state index in [1.807, 2.05) is 0 Å². The first kappa shape index (κ1) is 14.9. The lowest BCUT2D eigenvalue weighted by Crippen LogP contribution is -2.34. The van der Waals surface area contributed by atoms with Crippen molar-refractivity contribution in [2.24, 2.45) is 0 Å². The minimum absolute atomic E-state index is 0.214. The van der Waals surface area contributed by atoms with E-state index in [4.69, 9.17) is 4.74 Å². The van der Waals surface area contributed by atoms with E-state index in [1.165, 1.54) is 0 Å². The highest BCUT2D eigenvalue weighted by Crippen LogP contribution is 2.17. The number of carbonyl (C=O) groups excluding carboxylic acids is 2. The van der Waals surface area contributed by atoms with Crippen molar-refractivity contribution >= 4 is 11.9 Å². The van der Waals surface area contributed by atoms with Gasteiger partial charge >= 0.3 is 5.97 Å². The molecule has 0 aliphatic heterocycles. The van der Waals surface area contributed by atoms with Crippen molar-refractivity contribution in [1.29, 1.82) is 0 Å². The van der Waals surface area contributed by atoms with Gasteiger partial charge in [-0.05, 0) is 19.1 Å². The molecule has 1 N–H and O–H groups in total. The van der Waals surface area contributed by atoms with Gasteiger partial charge in [-0.1, -0.05) is 0 Å². The highest BCUT2D eigenvalue weighted by atomic mass is 19.1. The van der Waals surface area contributed by atoms with Gasteiger partial charge in [-0.3, -0.25) is 9.59 Å². The van der Waals surface area contributed by atoms with Crippen molar-refractivity contribution in [3.63, 3.8) is 0 Å². The molecule has 0 saturated carbocycles. The zero-order valence-corrected chi connectivity index (χ0v) is 10.2. The summed E-state index contributed by atoms with van der Waals surface area (Å²) in [5.74, 6) is -3.08. The van der Waals surface area contributed by atoms with Crippen molar-refractivity contribution < 1.29 is 27.8 Å². The van der Waals surface area contributed by atoms with Gasteiger partial charge in [0.2, 0.25) is 0 Å². The van der Waals surface area contributed by atoms with Gasteiger partial charge in [0, 0.05) is 6.07 Å². The van der Waals surface area contributed by atoms with E-state index < -0.39 is 30.1 Å². The molecule has 1 rings (SSSR count). The summed E-state index contributed by atoms with van der Waals surface area (Å²) in [6, 6.07) is 2.73. The molecular formula is C12H13F2NO4. The maximum atomic E-state index is 13.1. The van der Waals surface area contributed by atoms with Crippen LogP contribution in [0.4, 0.5) is 8.78 Å². The van der Waals surface area contributed by atoms with E-state index in [2.05, 4.69) is 10.1 Å². The molecule has 0 aliphatic rings. The molecule has 1 amide bonds. The summed E-state index contributed by atoms with van der Waals surface area (Å²) in [6.07, 6.45) is 0. The third-order valence-electron chi connectivity index (χ3n) is 1.99. The molecule has 5 nitrogen and oxygen atoms in total. The van der Waals surface area contributed by atoms with E-state index in [0.29, 0.717) is 6.07 Å². The van der Waals surface area contributed by atoms with Crippen molar-refractivity contribution in [2.75, 3.05) is 19.8 Å². The van der Waals surface area contributed by atoms with Gasteiger partial charge in [0.25, 0.3) is 5.91 Å². The smallest absolute Gasteiger partial charge is 0.325 e. The van der Waals surface area contributed by atoms with Crippen LogP contribution >= 0.6 is 0 Å². The molecule has 19 heavy (non-hydrogen) atoms. The Balaban J connectivity index is 2.36. The predicted octanol–water partition coefficient (Wildman–Crippen LogP) is 1.02. The Hall–Kier alpha value is -2.18. The van der Waals surface area contributed by atoms with E-state index in [1.54, 1.807) is 6.92 Å². The molecule has 0 saturated heterocycles. The molecule has 0 spiro atoms. The summed E-state index contributed by atoms with van der Waals surface area (Å²) in [7, 11) is 0. The molecule has 0 aromatic heterocycles. The van der Waals surface area contributed by atoms with Crippen molar-refractivity contribution in [3.8, 4) is 5.75 Å². The van der Waals surface area contributed by atoms with Gasteiger partial charge in [0.15, 0.2) is 18.2 Å². The van der Waals surface area contributed by atoms with Crippen LogP contribution in [0.25, 0.3) is 0 Å². The second-order valence-electron chi connectivity index (χ2n) is 3.45. The summed E-state index contributed by atoms with van der Waals surface area (Å²) in [6.45, 7) is 1.08. The third-order valence-corrected chi connectivity index (χ3v) is 1.99. The van der Waals surface area contributed by atoms with Gasteiger partial charge in [-0.2, -0.15) is 0 Å². The summed E-state index contributed by atoms with van der Waals surface area (Å²) in [5, 5.41) is 2.23. The SMILES string of the molecule is CCOC(=O)CNC(=O)COc1ccc(F)cc1F. The third kappa shape index (κ3) is 5.33. The van der Waals surface area contributed by atoms with E-state index >= 15 is 0 Å². The summed E-state index contributed by atoms with van der Waals surface area (Å²) in [5.41, 5.74) is 0. The Labute approximate surface area is 108 Å². The van der Waals surface area contributed by atoms with Crippen LogP contribution < -0.4 is 10.1 Å². The van der Waals surface area contributed by atoms with E-state index in [-0.39, 0.29) is 18.9 Å². The number of halogens is 2. The van der Waals surface area contributed by atoms with Crippen LogP contribution in [0.2, 0.25) is 0 Å². The van der Waals surface area contributed by atoms with Crippen molar-refractivity contribution in [1.82, 2.24) is 5.32 Å². The van der Waals surface area contributed by atoms with Gasteiger partial charge in [0.1, 0.15) is 12.4 Å². The average molecular weight is 273 g/mol. The number of carbonyl (C=O) groups is 2. The molecule has 0 fully saturated rings. The summed E-state index contributed by atoms with van der Waals surface area (Å²) < 4.78 is 35.2. The lowest BCUT2D eigenvalue weighted by atomic mass is 10.3. The zero-order valence-electron chi connectivity index (χ0n) is 10.2. The minimum Gasteiger partial charge on any atom is -0.481 e. The fraction of sp³-hybridized carbons (Fsp3) is 0.333. The first-order valence-corrected chi connectivity index (χ1v) is 5.53. The van der Waals surface area contributed by atoms with E-state index in [9.17, 15) is 18.4 Å². The molecule has 7 heteroatoms. The maximum Gasteiger partial charge on any atom is 0.325 e. The molecule has 0 bridgehead atoms. The maximum absolute atomic E-state index is 13.1. The number of esters is 1. The molecular weight excluding hydrogens is 260 g/mol. The van der Waals surface area contributed by atoms with Gasteiger partial charge < -0.3 is 14.8 Å².